The van der Waals surface area contributed by atoms with E-state index in [0.29, 0.717) is 0 Å². The minimum atomic E-state index is 0.726. The minimum absolute atomic E-state index is 0.726. The van der Waals surface area contributed by atoms with Gasteiger partial charge in [-0.3, -0.25) is 0 Å². The van der Waals surface area contributed by atoms with Crippen molar-refractivity contribution in [2.45, 2.75) is 26.7 Å². The lowest BCUT2D eigenvalue weighted by Gasteiger charge is -2.07. The van der Waals surface area contributed by atoms with Gasteiger partial charge in [0.05, 0.1) is 0 Å². The molecule has 0 heterocycles. The zero-order valence-electron chi connectivity index (χ0n) is 8.23. The zero-order valence-corrected chi connectivity index (χ0v) is 8.99. The van der Waals surface area contributed by atoms with E-state index in [1.807, 2.05) is 6.92 Å². The summed E-state index contributed by atoms with van der Waals surface area (Å²) in [5, 5.41) is 0.902. The molecule has 0 saturated carbocycles. The number of nitrogens with two attached hydrogens (primary N) is 1. The Balaban J connectivity index is 2.92. The van der Waals surface area contributed by atoms with Gasteiger partial charge in [0.1, 0.15) is 0 Å². The number of hydrogen-bond acceptors (Lipinski definition) is 1. The molecule has 0 aliphatic carbocycles. The Bertz CT molecular complexity index is 294. The maximum atomic E-state index is 6.16. The van der Waals surface area contributed by atoms with E-state index in [1.54, 1.807) is 0 Å². The van der Waals surface area contributed by atoms with Crippen LogP contribution in [0.15, 0.2) is 12.1 Å². The van der Waals surface area contributed by atoms with Crippen LogP contribution < -0.4 is 5.73 Å². The Morgan fingerprint density at radius 3 is 2.62 bits per heavy atom. The van der Waals surface area contributed by atoms with Crippen LogP contribution in [0.1, 0.15) is 23.1 Å². The van der Waals surface area contributed by atoms with E-state index < -0.39 is 0 Å². The van der Waals surface area contributed by atoms with Gasteiger partial charge in [-0.05, 0) is 44.4 Å². The summed E-state index contributed by atoms with van der Waals surface area (Å²) in [6.45, 7) is 4.86. The third kappa shape index (κ3) is 2.71. The van der Waals surface area contributed by atoms with Crippen molar-refractivity contribution >= 4 is 11.6 Å². The fourth-order valence-corrected chi connectivity index (χ4v) is 1.72. The van der Waals surface area contributed by atoms with Gasteiger partial charge in [0.25, 0.3) is 0 Å². The number of benzene rings is 1. The van der Waals surface area contributed by atoms with Crippen molar-refractivity contribution < 1.29 is 0 Å². The first-order valence-electron chi connectivity index (χ1n) is 4.61. The third-order valence-electron chi connectivity index (χ3n) is 2.12. The highest BCUT2D eigenvalue weighted by atomic mass is 35.5. The number of aryl methyl sites for hydroxylation is 3. The summed E-state index contributed by atoms with van der Waals surface area (Å²) < 4.78 is 0. The summed E-state index contributed by atoms with van der Waals surface area (Å²) in [6, 6.07) is 4.25. The van der Waals surface area contributed by atoms with E-state index in [0.717, 1.165) is 30.0 Å². The van der Waals surface area contributed by atoms with Crippen LogP contribution in [0.3, 0.4) is 0 Å². The predicted octanol–water partition coefficient (Wildman–Crippen LogP) is 2.85. The van der Waals surface area contributed by atoms with Crippen molar-refractivity contribution in [3.8, 4) is 0 Å². The lowest BCUT2D eigenvalue weighted by Crippen LogP contribution is -2.01. The molecule has 1 rings (SSSR count). The third-order valence-corrected chi connectivity index (χ3v) is 2.67. The molecule has 2 N–H and O–H groups in total. The first kappa shape index (κ1) is 10.6. The van der Waals surface area contributed by atoms with E-state index in [4.69, 9.17) is 17.3 Å². The second kappa shape index (κ2) is 4.64. The van der Waals surface area contributed by atoms with Crippen molar-refractivity contribution in [1.29, 1.82) is 0 Å². The Morgan fingerprint density at radius 2 is 2.00 bits per heavy atom. The highest BCUT2D eigenvalue weighted by molar-refractivity contribution is 6.32. The summed E-state index contributed by atoms with van der Waals surface area (Å²) in [5.74, 6) is 0. The minimum Gasteiger partial charge on any atom is -0.330 e. The molecule has 2 heteroatoms. The molecular weight excluding hydrogens is 182 g/mol. The average molecular weight is 198 g/mol. The predicted molar refractivity (Wildman–Crippen MR) is 58.3 cm³/mol. The molecule has 0 aromatic heterocycles. The van der Waals surface area contributed by atoms with Crippen molar-refractivity contribution in [3.05, 3.63) is 33.8 Å². The van der Waals surface area contributed by atoms with Crippen molar-refractivity contribution in [2.75, 3.05) is 6.54 Å². The monoisotopic (exact) mass is 197 g/mol. The van der Waals surface area contributed by atoms with Crippen LogP contribution in [0.25, 0.3) is 0 Å². The lowest BCUT2D eigenvalue weighted by molar-refractivity contribution is 0.831. The summed E-state index contributed by atoms with van der Waals surface area (Å²) in [5.41, 5.74) is 9.12. The van der Waals surface area contributed by atoms with Gasteiger partial charge in [0, 0.05) is 5.02 Å². The summed E-state index contributed by atoms with van der Waals surface area (Å²) >= 11 is 6.16. The van der Waals surface area contributed by atoms with Crippen LogP contribution in [0.5, 0.6) is 0 Å². The smallest absolute Gasteiger partial charge is 0.0467 e. The Morgan fingerprint density at radius 1 is 1.31 bits per heavy atom. The normalized spacial score (nSPS) is 10.5. The highest BCUT2D eigenvalue weighted by Gasteiger charge is 2.03. The van der Waals surface area contributed by atoms with Crippen molar-refractivity contribution in [3.63, 3.8) is 0 Å². The maximum Gasteiger partial charge on any atom is 0.0467 e. The molecule has 0 bridgehead atoms. The van der Waals surface area contributed by atoms with Crippen molar-refractivity contribution in [2.24, 2.45) is 5.73 Å². The van der Waals surface area contributed by atoms with Gasteiger partial charge in [0.2, 0.25) is 0 Å². The molecule has 0 radical (unpaired) electrons. The standard InChI is InChI=1S/C11H16ClN/c1-8-6-9(2)11(12)10(7-8)4-3-5-13/h6-7H,3-5,13H2,1-2H3. The fourth-order valence-electron chi connectivity index (χ4n) is 1.51. The van der Waals surface area contributed by atoms with Crippen LogP contribution in [0.4, 0.5) is 0 Å². The molecule has 1 nitrogen and oxygen atoms in total. The SMILES string of the molecule is Cc1cc(C)c(Cl)c(CCCN)c1. The van der Waals surface area contributed by atoms with Crippen LogP contribution in [0.2, 0.25) is 5.02 Å². The molecular formula is C11H16ClN. The maximum absolute atomic E-state index is 6.16. The summed E-state index contributed by atoms with van der Waals surface area (Å²) in [7, 11) is 0. The van der Waals surface area contributed by atoms with Gasteiger partial charge in [0.15, 0.2) is 0 Å². The first-order valence-corrected chi connectivity index (χ1v) is 4.98. The number of hydrogen-bond donors (Lipinski definition) is 1. The molecule has 0 unspecified atom stereocenters. The van der Waals surface area contributed by atoms with Crippen LogP contribution in [-0.4, -0.2) is 6.54 Å². The Labute approximate surface area is 84.9 Å². The number of halogens is 1. The molecule has 0 spiro atoms. The quantitative estimate of drug-likeness (QED) is 0.793. The summed E-state index contributed by atoms with van der Waals surface area (Å²) in [6.07, 6.45) is 1.99. The molecule has 0 atom stereocenters. The fraction of sp³-hybridized carbons (Fsp3) is 0.455. The Hall–Kier alpha value is -0.530. The van der Waals surface area contributed by atoms with Crippen molar-refractivity contribution in [1.82, 2.24) is 0 Å². The van der Waals surface area contributed by atoms with Gasteiger partial charge < -0.3 is 5.73 Å². The van der Waals surface area contributed by atoms with Gasteiger partial charge in [-0.25, -0.2) is 0 Å². The Kier molecular flexibility index (Phi) is 3.76. The van der Waals surface area contributed by atoms with Gasteiger partial charge >= 0.3 is 0 Å². The molecule has 72 valence electrons. The van der Waals surface area contributed by atoms with Gasteiger partial charge in [-0.2, -0.15) is 0 Å². The van der Waals surface area contributed by atoms with E-state index >= 15 is 0 Å². The van der Waals surface area contributed by atoms with Crippen LogP contribution in [0, 0.1) is 13.8 Å². The molecule has 0 saturated heterocycles. The molecule has 13 heavy (non-hydrogen) atoms. The molecule has 0 aliphatic rings. The van der Waals surface area contributed by atoms with E-state index in [9.17, 15) is 0 Å². The zero-order chi connectivity index (χ0) is 9.84. The van der Waals surface area contributed by atoms with Gasteiger partial charge in [-0.1, -0.05) is 29.3 Å². The van der Waals surface area contributed by atoms with E-state index in [1.165, 1.54) is 11.1 Å². The van der Waals surface area contributed by atoms with Crippen LogP contribution >= 0.6 is 11.6 Å². The molecule has 1 aromatic carbocycles. The van der Waals surface area contributed by atoms with E-state index in [-0.39, 0.29) is 0 Å². The van der Waals surface area contributed by atoms with Gasteiger partial charge in [-0.15, -0.1) is 0 Å². The summed E-state index contributed by atoms with van der Waals surface area (Å²) in [4.78, 5) is 0. The largest absolute Gasteiger partial charge is 0.330 e. The van der Waals surface area contributed by atoms with Crippen LogP contribution in [-0.2, 0) is 6.42 Å². The molecule has 0 aliphatic heterocycles. The average Bonchev–Trinajstić information content (AvgIpc) is 2.09. The molecule has 0 fully saturated rings. The lowest BCUT2D eigenvalue weighted by atomic mass is 10.0. The molecule has 1 aromatic rings. The van der Waals surface area contributed by atoms with E-state index in [2.05, 4.69) is 19.1 Å². The highest BCUT2D eigenvalue weighted by Crippen LogP contribution is 2.23. The molecule has 0 amide bonds. The number of rotatable bonds is 3. The second-order valence-corrected chi connectivity index (χ2v) is 3.83. The first-order chi connectivity index (χ1) is 6.15. The topological polar surface area (TPSA) is 26.0 Å². The second-order valence-electron chi connectivity index (χ2n) is 3.45.